The topological polar surface area (TPSA) is 80.1 Å². The van der Waals surface area contributed by atoms with Crippen LogP contribution in [0.3, 0.4) is 0 Å². The third-order valence-electron chi connectivity index (χ3n) is 7.60. The highest BCUT2D eigenvalue weighted by molar-refractivity contribution is 5.85. The Morgan fingerprint density at radius 2 is 1.73 bits per heavy atom. The molecule has 2 aliphatic rings. The van der Waals surface area contributed by atoms with Crippen LogP contribution in [0.2, 0.25) is 0 Å². The molecule has 0 unspecified atom stereocenters. The molecule has 8 nitrogen and oxygen atoms in total. The Bertz CT molecular complexity index is 1440. The zero-order chi connectivity index (χ0) is 27.5. The lowest BCUT2D eigenvalue weighted by atomic mass is 9.95. The maximum atomic E-state index is 13.2. The zero-order valence-corrected chi connectivity index (χ0v) is 22.1. The molecular weight excluding hydrogens is 519 g/mol. The summed E-state index contributed by atoms with van der Waals surface area (Å²) < 4.78 is 47.3. The standard InChI is InChI=1S/C29H32F3N7O/c30-29(31,32)21-6-4-5-20(17-21)18-33-26-25-27(39(19-34-25)24-7-2-1-3-8-24)37-28(36-26)35-22-9-11-23(12-10-22)38-13-15-40-16-14-38/h4-6,9-12,17,19,24H,1-3,7-8,13-16,18H2,(H2,33,35,36,37). The first kappa shape index (κ1) is 26.4. The van der Waals surface area contributed by atoms with Gasteiger partial charge in [0.2, 0.25) is 5.95 Å². The van der Waals surface area contributed by atoms with Gasteiger partial charge in [0, 0.05) is 37.1 Å². The number of nitrogens with one attached hydrogen (secondary N) is 2. The summed E-state index contributed by atoms with van der Waals surface area (Å²) in [6.07, 6.45) is 3.10. The number of halogens is 3. The SMILES string of the molecule is FC(F)(F)c1cccc(CNc2nc(Nc3ccc(N4CCOCC4)cc3)nc3c2ncn3C2CCCCC2)c1. The number of morpholine rings is 1. The minimum atomic E-state index is -4.40. The Hall–Kier alpha value is -3.86. The molecule has 6 rings (SSSR count). The summed E-state index contributed by atoms with van der Waals surface area (Å²) in [6.45, 7) is 3.33. The Morgan fingerprint density at radius 3 is 2.48 bits per heavy atom. The van der Waals surface area contributed by atoms with Gasteiger partial charge in [-0.3, -0.25) is 0 Å². The molecule has 1 aliphatic carbocycles. The first-order chi connectivity index (χ1) is 19.4. The number of ether oxygens (including phenoxy) is 1. The first-order valence-electron chi connectivity index (χ1n) is 13.8. The van der Waals surface area contributed by atoms with Gasteiger partial charge in [0.05, 0.1) is 25.1 Å². The molecule has 2 aromatic carbocycles. The van der Waals surface area contributed by atoms with Crippen molar-refractivity contribution in [1.29, 1.82) is 0 Å². The number of rotatable bonds is 7. The van der Waals surface area contributed by atoms with Gasteiger partial charge in [0.1, 0.15) is 0 Å². The minimum absolute atomic E-state index is 0.167. The van der Waals surface area contributed by atoms with Crippen LogP contribution in [0.5, 0.6) is 0 Å². The molecule has 2 N–H and O–H groups in total. The molecular formula is C29H32F3N7O. The van der Waals surface area contributed by atoms with Crippen molar-refractivity contribution in [2.45, 2.75) is 50.9 Å². The smallest absolute Gasteiger partial charge is 0.378 e. The van der Waals surface area contributed by atoms with Crippen molar-refractivity contribution in [2.75, 3.05) is 41.8 Å². The molecule has 2 aromatic heterocycles. The highest BCUT2D eigenvalue weighted by Crippen LogP contribution is 2.33. The van der Waals surface area contributed by atoms with Crippen molar-refractivity contribution in [3.63, 3.8) is 0 Å². The molecule has 0 bridgehead atoms. The average Bonchev–Trinajstić information content (AvgIpc) is 3.41. The van der Waals surface area contributed by atoms with E-state index in [1.165, 1.54) is 12.5 Å². The van der Waals surface area contributed by atoms with Gasteiger partial charge in [-0.25, -0.2) is 4.98 Å². The molecule has 1 aliphatic heterocycles. The van der Waals surface area contributed by atoms with E-state index in [2.05, 4.69) is 37.2 Å². The van der Waals surface area contributed by atoms with E-state index in [0.29, 0.717) is 34.5 Å². The van der Waals surface area contributed by atoms with Crippen molar-refractivity contribution in [3.8, 4) is 0 Å². The van der Waals surface area contributed by atoms with Crippen LogP contribution in [0.25, 0.3) is 11.2 Å². The van der Waals surface area contributed by atoms with Gasteiger partial charge in [0.25, 0.3) is 0 Å². The van der Waals surface area contributed by atoms with E-state index >= 15 is 0 Å². The second-order valence-corrected chi connectivity index (χ2v) is 10.3. The number of anilines is 4. The van der Waals surface area contributed by atoms with Gasteiger partial charge in [-0.05, 0) is 54.8 Å². The number of imidazole rings is 1. The summed E-state index contributed by atoms with van der Waals surface area (Å²) in [4.78, 5) is 16.4. The lowest BCUT2D eigenvalue weighted by Gasteiger charge is -2.28. The maximum Gasteiger partial charge on any atom is 0.416 e. The van der Waals surface area contributed by atoms with Crippen LogP contribution in [-0.4, -0.2) is 45.8 Å². The van der Waals surface area contributed by atoms with Gasteiger partial charge in [-0.1, -0.05) is 31.4 Å². The molecule has 0 amide bonds. The lowest BCUT2D eigenvalue weighted by molar-refractivity contribution is -0.137. The Balaban J connectivity index is 1.28. The fourth-order valence-electron chi connectivity index (χ4n) is 5.47. The Labute approximate surface area is 230 Å². The maximum absolute atomic E-state index is 13.2. The highest BCUT2D eigenvalue weighted by Gasteiger charge is 2.30. The largest absolute Gasteiger partial charge is 0.416 e. The summed E-state index contributed by atoms with van der Waals surface area (Å²) in [5.74, 6) is 0.875. The highest BCUT2D eigenvalue weighted by atomic mass is 19.4. The van der Waals surface area contributed by atoms with E-state index in [9.17, 15) is 13.2 Å². The second kappa shape index (κ2) is 11.3. The van der Waals surface area contributed by atoms with Crippen LogP contribution >= 0.6 is 0 Å². The van der Waals surface area contributed by atoms with Gasteiger partial charge < -0.3 is 24.8 Å². The monoisotopic (exact) mass is 551 g/mol. The zero-order valence-electron chi connectivity index (χ0n) is 22.1. The quantitative estimate of drug-likeness (QED) is 0.270. The summed E-state index contributed by atoms with van der Waals surface area (Å²) in [6, 6.07) is 13.7. The number of hydrogen-bond acceptors (Lipinski definition) is 7. The minimum Gasteiger partial charge on any atom is -0.378 e. The van der Waals surface area contributed by atoms with Gasteiger partial charge in [-0.15, -0.1) is 0 Å². The molecule has 0 radical (unpaired) electrons. The van der Waals surface area contributed by atoms with E-state index in [0.717, 1.165) is 75.5 Å². The molecule has 0 atom stereocenters. The fourth-order valence-corrected chi connectivity index (χ4v) is 5.47. The molecule has 2 fully saturated rings. The molecule has 3 heterocycles. The van der Waals surface area contributed by atoms with Crippen molar-refractivity contribution >= 4 is 34.3 Å². The van der Waals surface area contributed by atoms with E-state index in [1.807, 2.05) is 18.5 Å². The predicted octanol–water partition coefficient (Wildman–Crippen LogP) is 6.54. The van der Waals surface area contributed by atoms with Crippen LogP contribution in [0.15, 0.2) is 54.9 Å². The van der Waals surface area contributed by atoms with Crippen molar-refractivity contribution in [3.05, 3.63) is 66.0 Å². The van der Waals surface area contributed by atoms with Gasteiger partial charge in [-0.2, -0.15) is 23.1 Å². The summed E-state index contributed by atoms with van der Waals surface area (Å²) >= 11 is 0. The van der Waals surface area contributed by atoms with Crippen molar-refractivity contribution in [2.24, 2.45) is 0 Å². The molecule has 210 valence electrons. The number of nitrogens with zero attached hydrogens (tertiary/aromatic N) is 5. The number of fused-ring (bicyclic) bond motifs is 1. The number of benzene rings is 2. The molecule has 11 heteroatoms. The molecule has 40 heavy (non-hydrogen) atoms. The summed E-state index contributed by atoms with van der Waals surface area (Å²) in [7, 11) is 0. The van der Waals surface area contributed by atoms with Crippen LogP contribution in [-0.2, 0) is 17.5 Å². The van der Waals surface area contributed by atoms with Crippen LogP contribution in [0.4, 0.5) is 36.3 Å². The van der Waals surface area contributed by atoms with E-state index in [1.54, 1.807) is 6.07 Å². The summed E-state index contributed by atoms with van der Waals surface area (Å²) in [5, 5.41) is 6.54. The van der Waals surface area contributed by atoms with Crippen molar-refractivity contribution in [1.82, 2.24) is 19.5 Å². The van der Waals surface area contributed by atoms with E-state index < -0.39 is 11.7 Å². The van der Waals surface area contributed by atoms with Crippen LogP contribution < -0.4 is 15.5 Å². The number of hydrogen-bond donors (Lipinski definition) is 2. The Morgan fingerprint density at radius 1 is 0.950 bits per heavy atom. The summed E-state index contributed by atoms with van der Waals surface area (Å²) in [5.41, 5.74) is 3.10. The molecule has 1 saturated heterocycles. The third kappa shape index (κ3) is 5.84. The molecule has 4 aromatic rings. The third-order valence-corrected chi connectivity index (χ3v) is 7.60. The Kier molecular flexibility index (Phi) is 7.46. The molecule has 0 spiro atoms. The normalized spacial score (nSPS) is 16.8. The first-order valence-corrected chi connectivity index (χ1v) is 13.8. The van der Waals surface area contributed by atoms with Crippen molar-refractivity contribution < 1.29 is 17.9 Å². The number of aromatic nitrogens is 4. The second-order valence-electron chi connectivity index (χ2n) is 10.3. The van der Waals surface area contributed by atoms with Gasteiger partial charge >= 0.3 is 6.18 Å². The van der Waals surface area contributed by atoms with Gasteiger partial charge in [0.15, 0.2) is 17.0 Å². The number of alkyl halides is 3. The fraction of sp³-hybridized carbons (Fsp3) is 0.414. The van der Waals surface area contributed by atoms with E-state index in [-0.39, 0.29) is 6.54 Å². The molecule has 1 saturated carbocycles. The van der Waals surface area contributed by atoms with Crippen LogP contribution in [0, 0.1) is 0 Å². The predicted molar refractivity (Wildman–Crippen MR) is 149 cm³/mol. The average molecular weight is 552 g/mol. The van der Waals surface area contributed by atoms with Crippen LogP contribution in [0.1, 0.15) is 49.3 Å². The van der Waals surface area contributed by atoms with E-state index in [4.69, 9.17) is 14.7 Å². The lowest BCUT2D eigenvalue weighted by Crippen LogP contribution is -2.36.